The van der Waals surface area contributed by atoms with Crippen molar-refractivity contribution in [3.05, 3.63) is 20.8 Å². The Bertz CT molecular complexity index is 277. The van der Waals surface area contributed by atoms with Crippen molar-refractivity contribution in [2.45, 2.75) is 26.3 Å². The molecule has 86 valence electrons. The highest BCUT2D eigenvalue weighted by Crippen LogP contribution is 2.26. The molecule has 1 unspecified atom stereocenters. The van der Waals surface area contributed by atoms with Gasteiger partial charge in [0.25, 0.3) is 0 Å². The van der Waals surface area contributed by atoms with E-state index in [1.165, 1.54) is 8.66 Å². The van der Waals surface area contributed by atoms with Crippen LogP contribution in [0.3, 0.4) is 0 Å². The van der Waals surface area contributed by atoms with Crippen molar-refractivity contribution < 1.29 is 4.74 Å². The number of thiophene rings is 1. The molecule has 1 N–H and O–H groups in total. The number of rotatable bonds is 7. The first kappa shape index (κ1) is 13.2. The summed E-state index contributed by atoms with van der Waals surface area (Å²) in [6.45, 7) is 6.90. The molecule has 0 saturated heterocycles. The molecule has 15 heavy (non-hydrogen) atoms. The van der Waals surface area contributed by atoms with Crippen LogP contribution in [0.4, 0.5) is 0 Å². The van der Waals surface area contributed by atoms with Crippen LogP contribution in [0, 0.1) is 0 Å². The molecule has 0 amide bonds. The minimum absolute atomic E-state index is 0.433. The van der Waals surface area contributed by atoms with E-state index < -0.39 is 0 Å². The second-order valence-corrected chi connectivity index (χ2v) is 5.86. The first-order chi connectivity index (χ1) is 7.24. The maximum atomic E-state index is 5.28. The van der Waals surface area contributed by atoms with E-state index in [1.807, 2.05) is 6.92 Å². The van der Waals surface area contributed by atoms with Gasteiger partial charge in [-0.1, -0.05) is 0 Å². The van der Waals surface area contributed by atoms with Gasteiger partial charge in [0, 0.05) is 24.1 Å². The first-order valence-corrected chi connectivity index (χ1v) is 6.91. The van der Waals surface area contributed by atoms with Crippen LogP contribution < -0.4 is 5.32 Å². The van der Waals surface area contributed by atoms with Crippen molar-refractivity contribution in [3.8, 4) is 0 Å². The minimum atomic E-state index is 0.433. The Hall–Kier alpha value is 0.1000. The highest BCUT2D eigenvalue weighted by molar-refractivity contribution is 9.11. The molecule has 1 rings (SSSR count). The summed E-state index contributed by atoms with van der Waals surface area (Å²) in [5.41, 5.74) is 0. The number of ether oxygens (including phenoxy) is 1. The summed E-state index contributed by atoms with van der Waals surface area (Å²) in [4.78, 5) is 1.37. The Labute approximate surface area is 104 Å². The van der Waals surface area contributed by atoms with E-state index in [9.17, 15) is 0 Å². The monoisotopic (exact) mass is 291 g/mol. The van der Waals surface area contributed by atoms with Gasteiger partial charge < -0.3 is 10.1 Å². The SMILES string of the molecule is CCOCCCNC(C)c1ccc(Br)s1. The van der Waals surface area contributed by atoms with E-state index in [1.54, 1.807) is 11.3 Å². The fraction of sp³-hybridized carbons (Fsp3) is 0.636. The van der Waals surface area contributed by atoms with Crippen LogP contribution in [-0.2, 0) is 4.74 Å². The molecule has 0 aliphatic carbocycles. The summed E-state index contributed by atoms with van der Waals surface area (Å²) in [6.07, 6.45) is 1.07. The lowest BCUT2D eigenvalue weighted by Gasteiger charge is -2.11. The zero-order valence-electron chi connectivity index (χ0n) is 9.25. The minimum Gasteiger partial charge on any atom is -0.382 e. The molecule has 1 aromatic rings. The predicted octanol–water partition coefficient (Wildman–Crippen LogP) is 3.59. The molecule has 1 aromatic heterocycles. The van der Waals surface area contributed by atoms with E-state index in [-0.39, 0.29) is 0 Å². The summed E-state index contributed by atoms with van der Waals surface area (Å²) in [5.74, 6) is 0. The number of nitrogens with one attached hydrogen (secondary N) is 1. The summed E-state index contributed by atoms with van der Waals surface area (Å²) >= 11 is 5.26. The van der Waals surface area contributed by atoms with Crippen LogP contribution in [0.5, 0.6) is 0 Å². The predicted molar refractivity (Wildman–Crippen MR) is 69.5 cm³/mol. The maximum Gasteiger partial charge on any atom is 0.0701 e. The average Bonchev–Trinajstić information content (AvgIpc) is 2.64. The van der Waals surface area contributed by atoms with Crippen molar-refractivity contribution in [1.29, 1.82) is 0 Å². The summed E-state index contributed by atoms with van der Waals surface area (Å²) in [7, 11) is 0. The first-order valence-electron chi connectivity index (χ1n) is 5.30. The maximum absolute atomic E-state index is 5.28. The molecule has 1 atom stereocenters. The quantitative estimate of drug-likeness (QED) is 0.775. The standard InChI is InChI=1S/C11H18BrNOS/c1-3-14-8-4-7-13-9(2)10-5-6-11(12)15-10/h5-6,9,13H,3-4,7-8H2,1-2H3. The third-order valence-electron chi connectivity index (χ3n) is 2.14. The second-order valence-electron chi connectivity index (χ2n) is 3.37. The lowest BCUT2D eigenvalue weighted by Crippen LogP contribution is -2.20. The van der Waals surface area contributed by atoms with Gasteiger partial charge in [-0.15, -0.1) is 11.3 Å². The zero-order chi connectivity index (χ0) is 11.1. The van der Waals surface area contributed by atoms with Gasteiger partial charge in [-0.05, 0) is 54.9 Å². The molecule has 0 saturated carbocycles. The van der Waals surface area contributed by atoms with Crippen LogP contribution in [-0.4, -0.2) is 19.8 Å². The van der Waals surface area contributed by atoms with Gasteiger partial charge in [0.1, 0.15) is 0 Å². The van der Waals surface area contributed by atoms with Crippen molar-refractivity contribution in [2.75, 3.05) is 19.8 Å². The molecule has 0 fully saturated rings. The zero-order valence-corrected chi connectivity index (χ0v) is 11.7. The van der Waals surface area contributed by atoms with E-state index >= 15 is 0 Å². The second kappa shape index (κ2) is 7.39. The van der Waals surface area contributed by atoms with Crippen molar-refractivity contribution in [3.63, 3.8) is 0 Å². The molecular weight excluding hydrogens is 274 g/mol. The van der Waals surface area contributed by atoms with E-state index in [2.05, 4.69) is 40.3 Å². The van der Waals surface area contributed by atoms with Gasteiger partial charge in [-0.2, -0.15) is 0 Å². The van der Waals surface area contributed by atoms with E-state index in [0.717, 1.165) is 26.2 Å². The number of hydrogen-bond acceptors (Lipinski definition) is 3. The largest absolute Gasteiger partial charge is 0.382 e. The fourth-order valence-electron chi connectivity index (χ4n) is 1.30. The Morgan fingerprint density at radius 1 is 1.53 bits per heavy atom. The topological polar surface area (TPSA) is 21.3 Å². The van der Waals surface area contributed by atoms with Crippen molar-refractivity contribution in [1.82, 2.24) is 5.32 Å². The fourth-order valence-corrected chi connectivity index (χ4v) is 2.75. The van der Waals surface area contributed by atoms with Crippen molar-refractivity contribution in [2.24, 2.45) is 0 Å². The third kappa shape index (κ3) is 5.11. The van der Waals surface area contributed by atoms with E-state index in [4.69, 9.17) is 4.74 Å². The smallest absolute Gasteiger partial charge is 0.0701 e. The Morgan fingerprint density at radius 2 is 2.33 bits per heavy atom. The van der Waals surface area contributed by atoms with Gasteiger partial charge >= 0.3 is 0 Å². The molecule has 0 radical (unpaired) electrons. The van der Waals surface area contributed by atoms with Crippen LogP contribution in [0.2, 0.25) is 0 Å². The Balaban J connectivity index is 2.16. The van der Waals surface area contributed by atoms with Crippen molar-refractivity contribution >= 4 is 27.3 Å². The molecule has 0 aliphatic rings. The third-order valence-corrected chi connectivity index (χ3v) is 3.95. The van der Waals surface area contributed by atoms with Gasteiger partial charge in [-0.25, -0.2) is 0 Å². The van der Waals surface area contributed by atoms with Crippen LogP contribution in [0.15, 0.2) is 15.9 Å². The Morgan fingerprint density at radius 3 is 2.93 bits per heavy atom. The molecule has 0 spiro atoms. The molecular formula is C11H18BrNOS. The molecule has 0 aromatic carbocycles. The van der Waals surface area contributed by atoms with Crippen LogP contribution in [0.1, 0.15) is 31.2 Å². The molecule has 4 heteroatoms. The van der Waals surface area contributed by atoms with Gasteiger partial charge in [0.2, 0.25) is 0 Å². The summed E-state index contributed by atoms with van der Waals surface area (Å²) in [5, 5.41) is 3.48. The molecule has 2 nitrogen and oxygen atoms in total. The Kier molecular flexibility index (Phi) is 6.48. The molecule has 1 heterocycles. The lowest BCUT2D eigenvalue weighted by atomic mass is 10.2. The molecule has 0 aliphatic heterocycles. The van der Waals surface area contributed by atoms with Crippen LogP contribution in [0.25, 0.3) is 0 Å². The number of halogens is 1. The molecule has 0 bridgehead atoms. The number of hydrogen-bond donors (Lipinski definition) is 1. The summed E-state index contributed by atoms with van der Waals surface area (Å²) in [6, 6.07) is 4.69. The van der Waals surface area contributed by atoms with Gasteiger partial charge in [0.05, 0.1) is 3.79 Å². The van der Waals surface area contributed by atoms with Gasteiger partial charge in [0.15, 0.2) is 0 Å². The average molecular weight is 292 g/mol. The van der Waals surface area contributed by atoms with Crippen LogP contribution >= 0.6 is 27.3 Å². The van der Waals surface area contributed by atoms with E-state index in [0.29, 0.717) is 6.04 Å². The summed E-state index contributed by atoms with van der Waals surface area (Å²) < 4.78 is 6.48. The normalized spacial score (nSPS) is 13.0. The highest BCUT2D eigenvalue weighted by Gasteiger charge is 2.06. The lowest BCUT2D eigenvalue weighted by molar-refractivity contribution is 0.144. The highest BCUT2D eigenvalue weighted by atomic mass is 79.9. The van der Waals surface area contributed by atoms with Gasteiger partial charge in [-0.3, -0.25) is 0 Å².